The van der Waals surface area contributed by atoms with Gasteiger partial charge < -0.3 is 15.8 Å². The number of rotatable bonds is 4. The van der Waals surface area contributed by atoms with Crippen molar-refractivity contribution >= 4 is 11.4 Å². The molecule has 0 atom stereocenters. The fraction of sp³-hybridized carbons (Fsp3) is 0.294. The van der Waals surface area contributed by atoms with Crippen LogP contribution in [0.25, 0.3) is 0 Å². The van der Waals surface area contributed by atoms with Crippen LogP contribution in [-0.2, 0) is 12.8 Å². The number of hydrogen-bond donors (Lipinski definition) is 2. The van der Waals surface area contributed by atoms with E-state index >= 15 is 0 Å². The SMILES string of the molecule is Nc1cc(F)cc(CCOc2cccc3c2NCCC3)c1. The van der Waals surface area contributed by atoms with Gasteiger partial charge in [-0.15, -0.1) is 0 Å². The average molecular weight is 286 g/mol. The van der Waals surface area contributed by atoms with E-state index in [0.29, 0.717) is 18.7 Å². The summed E-state index contributed by atoms with van der Waals surface area (Å²) in [5.74, 6) is 0.570. The molecule has 0 saturated carbocycles. The van der Waals surface area contributed by atoms with Crippen LogP contribution in [0.3, 0.4) is 0 Å². The first-order valence-corrected chi connectivity index (χ1v) is 7.26. The van der Waals surface area contributed by atoms with Crippen LogP contribution in [0.4, 0.5) is 15.8 Å². The van der Waals surface area contributed by atoms with Gasteiger partial charge in [-0.05, 0) is 48.2 Å². The van der Waals surface area contributed by atoms with Gasteiger partial charge >= 0.3 is 0 Å². The Hall–Kier alpha value is -2.23. The number of ether oxygens (including phenoxy) is 1. The molecule has 3 N–H and O–H groups in total. The molecule has 0 amide bonds. The van der Waals surface area contributed by atoms with Gasteiger partial charge in [0, 0.05) is 18.7 Å². The van der Waals surface area contributed by atoms with E-state index in [1.807, 2.05) is 12.1 Å². The van der Waals surface area contributed by atoms with E-state index in [1.165, 1.54) is 17.7 Å². The minimum Gasteiger partial charge on any atom is -0.491 e. The first kappa shape index (κ1) is 13.7. The zero-order valence-corrected chi connectivity index (χ0v) is 11.9. The monoisotopic (exact) mass is 286 g/mol. The lowest BCUT2D eigenvalue weighted by Crippen LogP contribution is -2.13. The summed E-state index contributed by atoms with van der Waals surface area (Å²) in [6.45, 7) is 1.48. The molecule has 1 aliphatic heterocycles. The Kier molecular flexibility index (Phi) is 3.95. The number of fused-ring (bicyclic) bond motifs is 1. The fourth-order valence-electron chi connectivity index (χ4n) is 2.70. The highest BCUT2D eigenvalue weighted by molar-refractivity contribution is 5.63. The third kappa shape index (κ3) is 3.27. The lowest BCUT2D eigenvalue weighted by atomic mass is 10.0. The number of nitrogens with one attached hydrogen (secondary N) is 1. The van der Waals surface area contributed by atoms with Gasteiger partial charge in [-0.25, -0.2) is 4.39 Å². The summed E-state index contributed by atoms with van der Waals surface area (Å²) in [5.41, 5.74) is 9.34. The summed E-state index contributed by atoms with van der Waals surface area (Å²) in [5, 5.41) is 3.39. The zero-order valence-electron chi connectivity index (χ0n) is 11.9. The Labute approximate surface area is 123 Å². The Morgan fingerprint density at radius 3 is 3.00 bits per heavy atom. The van der Waals surface area contributed by atoms with Crippen LogP contribution in [0.5, 0.6) is 5.75 Å². The third-order valence-electron chi connectivity index (χ3n) is 3.67. The van der Waals surface area contributed by atoms with Crippen LogP contribution >= 0.6 is 0 Å². The molecule has 1 aliphatic rings. The van der Waals surface area contributed by atoms with Crippen molar-refractivity contribution < 1.29 is 9.13 Å². The molecule has 0 radical (unpaired) electrons. The highest BCUT2D eigenvalue weighted by Crippen LogP contribution is 2.32. The predicted molar refractivity (Wildman–Crippen MR) is 83.3 cm³/mol. The molecule has 0 saturated heterocycles. The number of halogens is 1. The van der Waals surface area contributed by atoms with Gasteiger partial charge in [-0.3, -0.25) is 0 Å². The summed E-state index contributed by atoms with van der Waals surface area (Å²) in [6.07, 6.45) is 2.87. The molecule has 0 spiro atoms. The van der Waals surface area contributed by atoms with E-state index in [0.717, 1.165) is 36.4 Å². The van der Waals surface area contributed by atoms with Crippen LogP contribution in [0.1, 0.15) is 17.5 Å². The molecule has 1 heterocycles. The molecule has 0 aromatic heterocycles. The van der Waals surface area contributed by atoms with E-state index in [9.17, 15) is 4.39 Å². The number of anilines is 2. The molecule has 0 unspecified atom stereocenters. The predicted octanol–water partition coefficient (Wildman–Crippen LogP) is 3.39. The Bertz CT molecular complexity index is 622. The summed E-state index contributed by atoms with van der Waals surface area (Å²) >= 11 is 0. The van der Waals surface area contributed by atoms with Crippen molar-refractivity contribution in [3.05, 3.63) is 53.3 Å². The summed E-state index contributed by atoms with van der Waals surface area (Å²) in [4.78, 5) is 0. The number of benzene rings is 2. The molecule has 4 heteroatoms. The van der Waals surface area contributed by atoms with Crippen LogP contribution in [-0.4, -0.2) is 13.2 Å². The minimum absolute atomic E-state index is 0.302. The molecule has 2 aromatic rings. The van der Waals surface area contributed by atoms with Gasteiger partial charge in [0.05, 0.1) is 12.3 Å². The summed E-state index contributed by atoms with van der Waals surface area (Å²) < 4.78 is 19.1. The molecular weight excluding hydrogens is 267 g/mol. The molecule has 0 bridgehead atoms. The lowest BCUT2D eigenvalue weighted by molar-refractivity contribution is 0.322. The van der Waals surface area contributed by atoms with Crippen molar-refractivity contribution in [1.82, 2.24) is 0 Å². The molecule has 110 valence electrons. The third-order valence-corrected chi connectivity index (χ3v) is 3.67. The van der Waals surface area contributed by atoms with Crippen molar-refractivity contribution in [1.29, 1.82) is 0 Å². The Balaban J connectivity index is 1.65. The van der Waals surface area contributed by atoms with Crippen molar-refractivity contribution in [2.24, 2.45) is 0 Å². The highest BCUT2D eigenvalue weighted by Gasteiger charge is 2.13. The van der Waals surface area contributed by atoms with Crippen LogP contribution in [0.15, 0.2) is 36.4 Å². The zero-order chi connectivity index (χ0) is 14.7. The summed E-state index contributed by atoms with van der Waals surface area (Å²) in [6, 6.07) is 10.7. The number of nitrogens with two attached hydrogens (primary N) is 1. The maximum atomic E-state index is 13.3. The van der Waals surface area contributed by atoms with Crippen molar-refractivity contribution in [3.8, 4) is 5.75 Å². The smallest absolute Gasteiger partial charge is 0.142 e. The van der Waals surface area contributed by atoms with Gasteiger partial charge in [-0.2, -0.15) is 0 Å². The number of nitrogen functional groups attached to an aromatic ring is 1. The maximum absolute atomic E-state index is 13.3. The van der Waals surface area contributed by atoms with E-state index < -0.39 is 0 Å². The number of hydrogen-bond acceptors (Lipinski definition) is 3. The summed E-state index contributed by atoms with van der Waals surface area (Å²) in [7, 11) is 0. The van der Waals surface area contributed by atoms with Crippen molar-refractivity contribution in [2.75, 3.05) is 24.2 Å². The standard InChI is InChI=1S/C17H19FN2O/c18-14-9-12(10-15(19)11-14)6-8-21-16-5-1-3-13-4-2-7-20-17(13)16/h1,3,5,9-11,20H,2,4,6-8,19H2. The topological polar surface area (TPSA) is 47.3 Å². The second kappa shape index (κ2) is 6.04. The molecule has 3 nitrogen and oxygen atoms in total. The first-order valence-electron chi connectivity index (χ1n) is 7.26. The number of aryl methyl sites for hydroxylation is 1. The van der Waals surface area contributed by atoms with Gasteiger partial charge in [0.2, 0.25) is 0 Å². The Morgan fingerprint density at radius 1 is 1.24 bits per heavy atom. The van der Waals surface area contributed by atoms with E-state index in [-0.39, 0.29) is 5.82 Å². The molecule has 21 heavy (non-hydrogen) atoms. The number of para-hydroxylation sites is 1. The quantitative estimate of drug-likeness (QED) is 0.847. The molecule has 2 aromatic carbocycles. The molecule has 0 fully saturated rings. The lowest BCUT2D eigenvalue weighted by Gasteiger charge is -2.21. The largest absolute Gasteiger partial charge is 0.491 e. The van der Waals surface area contributed by atoms with E-state index in [2.05, 4.69) is 11.4 Å². The second-order valence-corrected chi connectivity index (χ2v) is 5.31. The van der Waals surface area contributed by atoms with Gasteiger partial charge in [-0.1, -0.05) is 12.1 Å². The van der Waals surface area contributed by atoms with Gasteiger partial charge in [0.15, 0.2) is 0 Å². The molecule has 0 aliphatic carbocycles. The van der Waals surface area contributed by atoms with Crippen molar-refractivity contribution in [2.45, 2.75) is 19.3 Å². The first-order chi connectivity index (χ1) is 10.2. The van der Waals surface area contributed by atoms with Gasteiger partial charge in [0.25, 0.3) is 0 Å². The molecule has 3 rings (SSSR count). The van der Waals surface area contributed by atoms with Gasteiger partial charge in [0.1, 0.15) is 11.6 Å². The van der Waals surface area contributed by atoms with Crippen LogP contribution < -0.4 is 15.8 Å². The second-order valence-electron chi connectivity index (χ2n) is 5.31. The minimum atomic E-state index is -0.302. The average Bonchev–Trinajstić information content (AvgIpc) is 2.46. The van der Waals surface area contributed by atoms with Crippen LogP contribution in [0.2, 0.25) is 0 Å². The highest BCUT2D eigenvalue weighted by atomic mass is 19.1. The maximum Gasteiger partial charge on any atom is 0.142 e. The molecular formula is C17H19FN2O. The van der Waals surface area contributed by atoms with Crippen molar-refractivity contribution in [3.63, 3.8) is 0 Å². The van der Waals surface area contributed by atoms with Crippen LogP contribution in [0, 0.1) is 5.82 Å². The van der Waals surface area contributed by atoms with E-state index in [1.54, 1.807) is 6.07 Å². The fourth-order valence-corrected chi connectivity index (χ4v) is 2.70. The normalized spacial score (nSPS) is 13.4. The Morgan fingerprint density at radius 2 is 2.14 bits per heavy atom. The van der Waals surface area contributed by atoms with E-state index in [4.69, 9.17) is 10.5 Å².